The Morgan fingerprint density at radius 1 is 1.33 bits per heavy atom. The van der Waals surface area contributed by atoms with Crippen LogP contribution in [0.4, 0.5) is 4.39 Å². The number of hydrogen-bond acceptors (Lipinski definition) is 3. The highest BCUT2D eigenvalue weighted by atomic mass is 19.1. The first kappa shape index (κ1) is 18.2. The number of carbonyl (C=O) groups is 1. The van der Waals surface area contributed by atoms with Gasteiger partial charge in [-0.2, -0.15) is 0 Å². The number of benzene rings is 1. The number of fused-ring (bicyclic) bond motifs is 2. The van der Waals surface area contributed by atoms with Crippen molar-refractivity contribution in [3.05, 3.63) is 53.9 Å². The average Bonchev–Trinajstić information content (AvgIpc) is 3.35. The molecule has 1 N–H and O–H groups in total. The van der Waals surface area contributed by atoms with Gasteiger partial charge in [-0.1, -0.05) is 19.1 Å². The van der Waals surface area contributed by atoms with E-state index in [4.69, 9.17) is 0 Å². The van der Waals surface area contributed by atoms with E-state index in [9.17, 15) is 9.18 Å². The molecule has 144 valence electrons. The number of nitrogens with one attached hydrogen (secondary N) is 1. The van der Waals surface area contributed by atoms with Crippen molar-refractivity contribution >= 4 is 5.91 Å². The van der Waals surface area contributed by atoms with Gasteiger partial charge in [0.25, 0.3) is 0 Å². The van der Waals surface area contributed by atoms with E-state index in [0.717, 1.165) is 43.6 Å². The normalized spacial score (nSPS) is 27.2. The van der Waals surface area contributed by atoms with Gasteiger partial charge in [-0.3, -0.25) is 9.69 Å². The Bertz CT molecular complexity index is 818. The molecule has 27 heavy (non-hydrogen) atoms. The minimum Gasteiger partial charge on any atom is -0.351 e. The van der Waals surface area contributed by atoms with Gasteiger partial charge < -0.3 is 9.88 Å². The first-order valence-electron chi connectivity index (χ1n) is 9.78. The number of carbonyl (C=O) groups excluding carboxylic acids is 1. The maximum absolute atomic E-state index is 13.2. The first-order chi connectivity index (χ1) is 13.0. The Morgan fingerprint density at radius 3 is 2.78 bits per heavy atom. The summed E-state index contributed by atoms with van der Waals surface area (Å²) in [6, 6.07) is 7.03. The molecule has 2 aliphatic rings. The number of amides is 1. The van der Waals surface area contributed by atoms with Crippen molar-refractivity contribution in [2.45, 2.75) is 57.8 Å². The van der Waals surface area contributed by atoms with Gasteiger partial charge in [-0.15, -0.1) is 0 Å². The van der Waals surface area contributed by atoms with E-state index in [1.165, 1.54) is 12.1 Å². The summed E-state index contributed by atoms with van der Waals surface area (Å²) in [5, 5.41) is 3.12. The molecule has 6 heteroatoms. The fourth-order valence-corrected chi connectivity index (χ4v) is 5.00. The zero-order valence-electron chi connectivity index (χ0n) is 16.0. The Morgan fingerprint density at radius 2 is 2.11 bits per heavy atom. The van der Waals surface area contributed by atoms with E-state index in [-0.39, 0.29) is 23.2 Å². The summed E-state index contributed by atoms with van der Waals surface area (Å²) in [6.45, 7) is 3.36. The maximum atomic E-state index is 13.2. The topological polar surface area (TPSA) is 50.2 Å². The third-order valence-corrected chi connectivity index (χ3v) is 6.57. The molecule has 2 aromatic rings. The second-order valence-corrected chi connectivity index (χ2v) is 7.90. The first-order valence-corrected chi connectivity index (χ1v) is 9.78. The van der Waals surface area contributed by atoms with Gasteiger partial charge in [0.1, 0.15) is 11.6 Å². The lowest BCUT2D eigenvalue weighted by atomic mass is 9.71. The number of nitrogens with zero attached hydrogens (tertiary/aromatic N) is 3. The molecule has 2 bridgehead atoms. The van der Waals surface area contributed by atoms with Crippen LogP contribution in [0.2, 0.25) is 0 Å². The second-order valence-electron chi connectivity index (χ2n) is 7.90. The van der Waals surface area contributed by atoms with Crippen LogP contribution in [0.3, 0.4) is 0 Å². The average molecular weight is 370 g/mol. The van der Waals surface area contributed by atoms with Gasteiger partial charge in [0, 0.05) is 38.1 Å². The summed E-state index contributed by atoms with van der Waals surface area (Å²) in [6.07, 6.45) is 7.76. The van der Waals surface area contributed by atoms with Crippen LogP contribution in [-0.2, 0) is 24.9 Å². The Hall–Kier alpha value is -2.21. The van der Waals surface area contributed by atoms with Gasteiger partial charge >= 0.3 is 0 Å². The zero-order valence-corrected chi connectivity index (χ0v) is 16.0. The fraction of sp³-hybridized carbons (Fsp3) is 0.524. The van der Waals surface area contributed by atoms with Crippen molar-refractivity contribution < 1.29 is 9.18 Å². The van der Waals surface area contributed by atoms with Crippen molar-refractivity contribution in [3.63, 3.8) is 0 Å². The molecule has 1 aromatic carbocycles. The summed E-state index contributed by atoms with van der Waals surface area (Å²) in [4.78, 5) is 20.2. The van der Waals surface area contributed by atoms with Crippen molar-refractivity contribution in [2.75, 3.05) is 0 Å². The monoisotopic (exact) mass is 370 g/mol. The molecule has 1 amide bonds. The molecular formula is C21H27FN4O. The lowest BCUT2D eigenvalue weighted by Gasteiger charge is -2.35. The van der Waals surface area contributed by atoms with Crippen LogP contribution in [0.5, 0.6) is 0 Å². The minimum atomic E-state index is -0.339. The molecule has 5 nitrogen and oxygen atoms in total. The Kier molecular flexibility index (Phi) is 4.76. The molecule has 1 aromatic heterocycles. The van der Waals surface area contributed by atoms with E-state index in [1.54, 1.807) is 12.1 Å². The predicted molar refractivity (Wildman–Crippen MR) is 101 cm³/mol. The molecule has 0 aliphatic carbocycles. The maximum Gasteiger partial charge on any atom is 0.228 e. The standard InChI is InChI=1S/C21H27FN4O/c1-3-21(20(27)24-13-15-4-6-16(22)7-5-15)12-17-8-9-18(21)26(17)14-19-23-10-11-25(19)2/h4-7,10-11,17-18H,3,8-9,12-14H2,1-2H3,(H,24,27)/t17-,18+,21+/m0/s1. The third-order valence-electron chi connectivity index (χ3n) is 6.57. The van der Waals surface area contributed by atoms with E-state index in [0.29, 0.717) is 12.6 Å². The molecule has 4 rings (SSSR count). The van der Waals surface area contributed by atoms with Gasteiger partial charge in [0.2, 0.25) is 5.91 Å². The van der Waals surface area contributed by atoms with Crippen LogP contribution in [0.15, 0.2) is 36.7 Å². The lowest BCUT2D eigenvalue weighted by Crippen LogP contribution is -2.48. The molecule has 0 radical (unpaired) electrons. The van der Waals surface area contributed by atoms with Crippen LogP contribution in [-0.4, -0.2) is 32.4 Å². The third kappa shape index (κ3) is 3.16. The molecule has 0 saturated carbocycles. The summed E-state index contributed by atoms with van der Waals surface area (Å²) in [7, 11) is 2.02. The fourth-order valence-electron chi connectivity index (χ4n) is 5.00. The highest BCUT2D eigenvalue weighted by Crippen LogP contribution is 2.52. The van der Waals surface area contributed by atoms with Crippen molar-refractivity contribution in [3.8, 4) is 0 Å². The number of rotatable bonds is 6. The minimum absolute atomic E-state index is 0.131. The van der Waals surface area contributed by atoms with Crippen LogP contribution in [0, 0.1) is 11.2 Å². The molecule has 3 heterocycles. The van der Waals surface area contributed by atoms with Gasteiger partial charge in [0.05, 0.1) is 12.0 Å². The number of hydrogen-bond donors (Lipinski definition) is 1. The molecular weight excluding hydrogens is 343 g/mol. The zero-order chi connectivity index (χ0) is 19.0. The second kappa shape index (κ2) is 7.08. The molecule has 2 saturated heterocycles. The number of imidazole rings is 1. The molecule has 2 aliphatic heterocycles. The Balaban J connectivity index is 1.47. The SMILES string of the molecule is CC[C@@]1(C(=O)NCc2ccc(F)cc2)C[C@@H]2CC[C@H]1N2Cc1nccn1C. The molecule has 0 spiro atoms. The highest BCUT2D eigenvalue weighted by molar-refractivity contribution is 5.84. The smallest absolute Gasteiger partial charge is 0.228 e. The van der Waals surface area contributed by atoms with E-state index >= 15 is 0 Å². The quantitative estimate of drug-likeness (QED) is 0.850. The van der Waals surface area contributed by atoms with Crippen LogP contribution >= 0.6 is 0 Å². The predicted octanol–water partition coefficient (Wildman–Crippen LogP) is 3.01. The molecule has 2 fully saturated rings. The van der Waals surface area contributed by atoms with Crippen LogP contribution in [0.1, 0.15) is 44.0 Å². The number of aromatic nitrogens is 2. The van der Waals surface area contributed by atoms with Gasteiger partial charge in [-0.05, 0) is 43.4 Å². The van der Waals surface area contributed by atoms with E-state index < -0.39 is 0 Å². The largest absolute Gasteiger partial charge is 0.351 e. The summed E-state index contributed by atoms with van der Waals surface area (Å²) >= 11 is 0. The molecule has 0 unspecified atom stereocenters. The number of aryl methyl sites for hydroxylation is 1. The summed E-state index contributed by atoms with van der Waals surface area (Å²) in [5.41, 5.74) is 0.581. The summed E-state index contributed by atoms with van der Waals surface area (Å²) in [5.74, 6) is 0.921. The lowest BCUT2D eigenvalue weighted by molar-refractivity contribution is -0.133. The number of halogens is 1. The molecule has 3 atom stereocenters. The van der Waals surface area contributed by atoms with E-state index in [1.807, 2.05) is 19.4 Å². The highest BCUT2D eigenvalue weighted by Gasteiger charge is 2.58. The summed E-state index contributed by atoms with van der Waals surface area (Å²) < 4.78 is 15.1. The van der Waals surface area contributed by atoms with Crippen molar-refractivity contribution in [2.24, 2.45) is 12.5 Å². The van der Waals surface area contributed by atoms with Gasteiger partial charge in [-0.25, -0.2) is 9.37 Å². The van der Waals surface area contributed by atoms with Crippen molar-refractivity contribution in [1.82, 2.24) is 19.8 Å². The Labute approximate surface area is 159 Å². The van der Waals surface area contributed by atoms with Crippen molar-refractivity contribution in [1.29, 1.82) is 0 Å². The van der Waals surface area contributed by atoms with Crippen LogP contribution in [0.25, 0.3) is 0 Å². The van der Waals surface area contributed by atoms with E-state index in [2.05, 4.69) is 26.7 Å². The van der Waals surface area contributed by atoms with Crippen LogP contribution < -0.4 is 5.32 Å². The van der Waals surface area contributed by atoms with Gasteiger partial charge in [0.15, 0.2) is 0 Å².